The predicted molar refractivity (Wildman–Crippen MR) is 382 cm³/mol. The molecular weight excluding hydrogens is 1550 g/mol. The molecule has 0 aromatic heterocycles. The van der Waals surface area contributed by atoms with Gasteiger partial charge in [0.15, 0.2) is 5.88 Å². The van der Waals surface area contributed by atoms with Crippen LogP contribution in [0.25, 0.3) is 0 Å². The van der Waals surface area contributed by atoms with Crippen molar-refractivity contribution >= 4 is 116 Å². The van der Waals surface area contributed by atoms with Gasteiger partial charge in [0.2, 0.25) is 65.0 Å². The molecule has 1 saturated heterocycles. The maximum absolute atomic E-state index is 14.9. The van der Waals surface area contributed by atoms with E-state index in [1.807, 2.05) is 13.8 Å². The van der Waals surface area contributed by atoms with E-state index in [0.29, 0.717) is 12.8 Å². The molecular formula is C57H107N17O29S5. The summed E-state index contributed by atoms with van der Waals surface area (Å²) in [5, 5.41) is 59.6. The molecule has 1 rings (SSSR count). The van der Waals surface area contributed by atoms with Crippen molar-refractivity contribution in [1.29, 1.82) is 0 Å². The minimum absolute atomic E-state index is 0.0981. The van der Waals surface area contributed by atoms with Gasteiger partial charge >= 0.3 is 0 Å². The average Bonchev–Trinajstić information content (AvgIpc) is 0.930. The van der Waals surface area contributed by atoms with Gasteiger partial charge < -0.3 is 90.0 Å². The van der Waals surface area contributed by atoms with Crippen molar-refractivity contribution in [2.45, 2.75) is 205 Å². The van der Waals surface area contributed by atoms with Gasteiger partial charge in [0.25, 0.3) is 50.6 Å². The Labute approximate surface area is 626 Å². The summed E-state index contributed by atoms with van der Waals surface area (Å²) in [5.41, 5.74) is 0. The molecule has 1 aliphatic rings. The average molecular weight is 1650 g/mol. The topological polar surface area (TPSA) is 713 Å². The summed E-state index contributed by atoms with van der Waals surface area (Å²) in [6, 6.07) is -19.1. The van der Waals surface area contributed by atoms with Gasteiger partial charge in [-0.25, -0.2) is 5.01 Å². The van der Waals surface area contributed by atoms with Gasteiger partial charge in [0.1, 0.15) is 83.9 Å². The molecule has 51 heteroatoms. The molecule has 12 atom stereocenters. The molecule has 108 heavy (non-hydrogen) atoms. The summed E-state index contributed by atoms with van der Waals surface area (Å²) in [6.07, 6.45) is -6.75. The SMILES string of the molecule is CC(C)CCCCC(=O)N[C@@H](CCNCS(=O)(=O)O)C(=O)N[C@H](C(=O)N[C@@H](CCNCS(=O)(=O)O)C(=O)N[C@H]1CCNC(=O)[C@H]([C@@H](C)O)NC(=O)[C@H](CCN(CS(=O)(=O)O)N=O)NC(=O)[C@H](CCNCS(=O)(=O)O)NC(=O)[C@H](CC(C)C)NC(=O)[C@@H](CC(C)C)NC(=O)[C@H](CCNCS(=O)(=O)O)NC1=O)[C@@H](C)O. The van der Waals surface area contributed by atoms with Crippen molar-refractivity contribution in [2.75, 3.05) is 68.7 Å². The van der Waals surface area contributed by atoms with Gasteiger partial charge in [0.05, 0.1) is 17.5 Å². The first-order valence-electron chi connectivity index (χ1n) is 34.1. The molecule has 1 aliphatic heterocycles. The third-order valence-electron chi connectivity index (χ3n) is 15.5. The van der Waals surface area contributed by atoms with Crippen molar-refractivity contribution in [2.24, 2.45) is 23.0 Å². The van der Waals surface area contributed by atoms with Gasteiger partial charge in [-0.2, -0.15) is 42.1 Å². The molecule has 1 fully saturated rings. The van der Waals surface area contributed by atoms with E-state index in [0.717, 1.165) is 20.3 Å². The van der Waals surface area contributed by atoms with Crippen LogP contribution in [0.1, 0.15) is 132 Å². The molecule has 11 amide bonds. The third-order valence-corrected chi connectivity index (χ3v) is 18.4. The minimum atomic E-state index is -5.02. The Morgan fingerprint density at radius 1 is 0.472 bits per heavy atom. The second kappa shape index (κ2) is 47.8. The lowest BCUT2D eigenvalue weighted by atomic mass is 9.99. The number of carbonyl (C=O) groups excluding carboxylic acids is 11. The monoisotopic (exact) mass is 1650 g/mol. The number of unbranched alkanes of at least 4 members (excludes halogenated alkanes) is 1. The van der Waals surface area contributed by atoms with E-state index in [1.165, 1.54) is 0 Å². The fraction of sp³-hybridized carbons (Fsp3) is 0.807. The molecule has 22 N–H and O–H groups in total. The van der Waals surface area contributed by atoms with E-state index in [9.17, 15) is 133 Å². The second-order valence-electron chi connectivity index (χ2n) is 26.9. The quantitative estimate of drug-likeness (QED) is 0.0117. The van der Waals surface area contributed by atoms with Crippen LogP contribution in [0.15, 0.2) is 5.29 Å². The van der Waals surface area contributed by atoms with E-state index in [2.05, 4.69) is 85.0 Å². The summed E-state index contributed by atoms with van der Waals surface area (Å²) >= 11 is 0. The molecule has 0 aromatic rings. The van der Waals surface area contributed by atoms with Crippen LogP contribution in [0.3, 0.4) is 0 Å². The number of amides is 11. The first kappa shape index (κ1) is 98.9. The van der Waals surface area contributed by atoms with Crippen molar-refractivity contribution in [3.05, 3.63) is 4.91 Å². The van der Waals surface area contributed by atoms with Crippen LogP contribution in [0, 0.1) is 22.7 Å². The van der Waals surface area contributed by atoms with E-state index in [-0.39, 0.29) is 36.7 Å². The van der Waals surface area contributed by atoms with Crippen molar-refractivity contribution < 1.29 is 128 Å². The summed E-state index contributed by atoms with van der Waals surface area (Å²) in [6.45, 7) is 8.47. The predicted octanol–water partition coefficient (Wildman–Crippen LogP) is -8.06. The van der Waals surface area contributed by atoms with Crippen LogP contribution in [0.5, 0.6) is 0 Å². The van der Waals surface area contributed by atoms with Crippen molar-refractivity contribution in [1.82, 2.24) is 84.8 Å². The molecule has 0 bridgehead atoms. The second-order valence-corrected chi connectivity index (χ2v) is 34.1. The van der Waals surface area contributed by atoms with E-state index < -0.39 is 301 Å². The highest BCUT2D eigenvalue weighted by atomic mass is 32.2. The Morgan fingerprint density at radius 2 is 0.880 bits per heavy atom. The maximum atomic E-state index is 14.9. The molecule has 0 radical (unpaired) electrons. The number of nitrogens with one attached hydrogen (secondary N) is 15. The molecule has 0 aliphatic carbocycles. The lowest BCUT2D eigenvalue weighted by Crippen LogP contribution is -2.62. The zero-order valence-corrected chi connectivity index (χ0v) is 65.1. The van der Waals surface area contributed by atoms with Gasteiger partial charge in [-0.05, 0) is 116 Å². The number of nitroso groups, excluding NO2 is 1. The highest BCUT2D eigenvalue weighted by Crippen LogP contribution is 2.14. The zero-order chi connectivity index (χ0) is 82.7. The largest absolute Gasteiger partial charge is 0.391 e. The minimum Gasteiger partial charge on any atom is -0.391 e. The van der Waals surface area contributed by atoms with Crippen molar-refractivity contribution in [3.8, 4) is 0 Å². The number of carbonyl (C=O) groups is 11. The highest BCUT2D eigenvalue weighted by Gasteiger charge is 2.39. The number of hydrogen-bond donors (Lipinski definition) is 22. The number of rotatable bonds is 44. The van der Waals surface area contributed by atoms with Gasteiger partial charge in [-0.1, -0.05) is 54.4 Å². The lowest BCUT2D eigenvalue weighted by molar-refractivity contribution is -0.137. The Morgan fingerprint density at radius 3 is 1.29 bits per heavy atom. The summed E-state index contributed by atoms with van der Waals surface area (Å²) < 4.78 is 164. The van der Waals surface area contributed by atoms with Crippen LogP contribution < -0.4 is 79.8 Å². The Kier molecular flexibility index (Phi) is 43.8. The molecule has 624 valence electrons. The van der Waals surface area contributed by atoms with Crippen LogP contribution in [-0.4, -0.2) is 286 Å². The Hall–Kier alpha value is -7.12. The Bertz CT molecular complexity index is 3600. The summed E-state index contributed by atoms with van der Waals surface area (Å²) in [7, 11) is -23.9. The fourth-order valence-corrected chi connectivity index (χ4v) is 12.3. The third kappa shape index (κ3) is 44.5. The number of aliphatic hydroxyl groups is 2. The first-order chi connectivity index (χ1) is 49.8. The highest BCUT2D eigenvalue weighted by molar-refractivity contribution is 7.86. The van der Waals surface area contributed by atoms with Crippen LogP contribution >= 0.6 is 0 Å². The molecule has 0 aromatic carbocycles. The molecule has 1 heterocycles. The molecule has 0 saturated carbocycles. The fourth-order valence-electron chi connectivity index (χ4n) is 10.2. The van der Waals surface area contributed by atoms with Gasteiger partial charge in [-0.15, -0.1) is 4.91 Å². The van der Waals surface area contributed by atoms with Crippen LogP contribution in [0.2, 0.25) is 0 Å². The van der Waals surface area contributed by atoms with E-state index >= 15 is 0 Å². The summed E-state index contributed by atoms with van der Waals surface area (Å²) in [5.74, 6) is -20.1. The standard InChI is InChI=1S/C57H107N17O29S5/c1-32(2)11-9-10-12-45(77)63-37(13-19-58-27-104(89,90)91)52(82)72-47(36(8)76)57(87)68-40(16-22-61-30-107(98,99)100)49(79)65-41-17-23-62-56(86)46(35(7)75)71-53(83)42(18-24-74(73-88)31-108(101,102)103)67-48(78)38(14-20-59-28-105(92,93)94)66-54(84)43(25-33(3)4)70-55(85)44(26-34(5)6)69-51(81)39(64-50(41)80)15-21-60-29-106(95,96)97/h32-44,46-47,58-61,75-76H,9-31H2,1-8H3,(H,62,86)(H,63,77)(H,64,80)(H,65,79)(H,66,84)(H,67,78)(H,68,87)(H,69,81)(H,70,85)(H,71,83)(H,72,82)(H,89,90,91)(H,92,93,94)(H,95,96,97)(H,98,99,100)(H,101,102,103)/t35-,36-,37+,38+,39+,40+,41+,42+,43+,44-,46+,47+/m1/s1. The number of aliphatic hydroxyl groups excluding tert-OH is 2. The summed E-state index contributed by atoms with van der Waals surface area (Å²) in [4.78, 5) is 170. The lowest BCUT2D eigenvalue weighted by Gasteiger charge is -2.29. The number of hydrogen-bond acceptors (Lipinski definition) is 29. The molecule has 0 unspecified atom stereocenters. The maximum Gasteiger partial charge on any atom is 0.285 e. The normalized spacial score (nSPS) is 21.1. The molecule has 0 spiro atoms. The first-order valence-corrected chi connectivity index (χ1v) is 42.2. The van der Waals surface area contributed by atoms with E-state index in [4.69, 9.17) is 0 Å². The smallest absolute Gasteiger partial charge is 0.285 e. The van der Waals surface area contributed by atoms with Gasteiger partial charge in [-0.3, -0.25) is 75.5 Å². The van der Waals surface area contributed by atoms with E-state index in [1.54, 1.807) is 27.7 Å². The van der Waals surface area contributed by atoms with Gasteiger partial charge in [0, 0.05) is 19.5 Å². The number of nitrogens with zero attached hydrogens (tertiary/aromatic N) is 2. The van der Waals surface area contributed by atoms with Crippen molar-refractivity contribution in [3.63, 3.8) is 0 Å². The van der Waals surface area contributed by atoms with Crippen LogP contribution in [0.4, 0.5) is 0 Å². The zero-order valence-electron chi connectivity index (χ0n) is 61.0. The molecule has 46 nitrogen and oxygen atoms in total. The Balaban J connectivity index is 4.40. The van der Waals surface area contributed by atoms with Crippen LogP contribution in [-0.2, 0) is 103 Å².